The van der Waals surface area contributed by atoms with Crippen LogP contribution in [0.2, 0.25) is 0 Å². The topological polar surface area (TPSA) is 20.3 Å². The second kappa shape index (κ2) is 5.08. The van der Waals surface area contributed by atoms with Gasteiger partial charge in [-0.15, -0.1) is 0 Å². The number of rotatable bonds is 3. The van der Waals surface area contributed by atoms with Crippen LogP contribution in [0.15, 0.2) is 18.7 Å². The van der Waals surface area contributed by atoms with Crippen molar-refractivity contribution in [2.24, 2.45) is 0 Å². The largest absolute Gasteiger partial charge is 0.349 e. The van der Waals surface area contributed by atoms with Crippen LogP contribution in [0.1, 0.15) is 18.1 Å². The predicted octanol–water partition coefficient (Wildman–Crippen LogP) is 2.63. The quantitative estimate of drug-likeness (QED) is 0.794. The van der Waals surface area contributed by atoms with Gasteiger partial charge in [-0.25, -0.2) is 8.78 Å². The highest BCUT2D eigenvalue weighted by Crippen LogP contribution is 2.22. The average molecular weight is 239 g/mol. The molecule has 0 saturated carbocycles. The Hall–Kier alpha value is -1.71. The monoisotopic (exact) mass is 239 g/mol. The first-order chi connectivity index (χ1) is 7.82. The lowest BCUT2D eigenvalue weighted by Gasteiger charge is -2.11. The standard InChI is InChI=1S/C13H15F2NO/c1-8(2)13-10(14)5-9(6-11(13)15)7-12(17)16(3)4/h5-6H,1,7H2,2-4H3. The first-order valence-electron chi connectivity index (χ1n) is 5.17. The van der Waals surface area contributed by atoms with Crippen LogP contribution in [0.4, 0.5) is 8.78 Å². The van der Waals surface area contributed by atoms with E-state index in [2.05, 4.69) is 6.58 Å². The Morgan fingerprint density at radius 1 is 1.29 bits per heavy atom. The maximum Gasteiger partial charge on any atom is 0.226 e. The molecule has 0 N–H and O–H groups in total. The average Bonchev–Trinajstić information content (AvgIpc) is 2.15. The van der Waals surface area contributed by atoms with Gasteiger partial charge in [0.05, 0.1) is 6.42 Å². The van der Waals surface area contributed by atoms with E-state index in [1.807, 2.05) is 0 Å². The van der Waals surface area contributed by atoms with Gasteiger partial charge in [0, 0.05) is 19.7 Å². The fourth-order valence-corrected chi connectivity index (χ4v) is 1.47. The van der Waals surface area contributed by atoms with Crippen LogP contribution in [0.25, 0.3) is 5.57 Å². The number of hydrogen-bond donors (Lipinski definition) is 0. The van der Waals surface area contributed by atoms with E-state index >= 15 is 0 Å². The van der Waals surface area contributed by atoms with E-state index in [0.29, 0.717) is 11.1 Å². The molecule has 0 atom stereocenters. The van der Waals surface area contributed by atoms with Gasteiger partial charge in [0.25, 0.3) is 0 Å². The Bertz CT molecular complexity index is 443. The minimum absolute atomic E-state index is 0.0166. The summed E-state index contributed by atoms with van der Waals surface area (Å²) < 4.78 is 27.2. The number of benzene rings is 1. The molecule has 17 heavy (non-hydrogen) atoms. The van der Waals surface area contributed by atoms with Crippen molar-refractivity contribution in [2.45, 2.75) is 13.3 Å². The van der Waals surface area contributed by atoms with Crippen molar-refractivity contribution < 1.29 is 13.6 Å². The van der Waals surface area contributed by atoms with Gasteiger partial charge in [0.1, 0.15) is 11.6 Å². The molecule has 1 amide bonds. The highest BCUT2D eigenvalue weighted by Gasteiger charge is 2.14. The second-order valence-electron chi connectivity index (χ2n) is 4.18. The minimum Gasteiger partial charge on any atom is -0.349 e. The minimum atomic E-state index is -0.681. The molecule has 0 fully saturated rings. The van der Waals surface area contributed by atoms with E-state index in [0.717, 1.165) is 0 Å². The van der Waals surface area contributed by atoms with Gasteiger partial charge >= 0.3 is 0 Å². The van der Waals surface area contributed by atoms with Crippen LogP contribution in [-0.4, -0.2) is 24.9 Å². The van der Waals surface area contributed by atoms with Crippen molar-refractivity contribution in [1.82, 2.24) is 4.90 Å². The van der Waals surface area contributed by atoms with Gasteiger partial charge < -0.3 is 4.90 Å². The number of likely N-dealkylation sites (N-methyl/N-ethyl adjacent to an activating group) is 1. The highest BCUT2D eigenvalue weighted by atomic mass is 19.1. The summed E-state index contributed by atoms with van der Waals surface area (Å²) in [6, 6.07) is 2.35. The summed E-state index contributed by atoms with van der Waals surface area (Å²) in [5.74, 6) is -1.56. The van der Waals surface area contributed by atoms with Crippen LogP contribution in [-0.2, 0) is 11.2 Å². The van der Waals surface area contributed by atoms with Crippen molar-refractivity contribution >= 4 is 11.5 Å². The van der Waals surface area contributed by atoms with Crippen molar-refractivity contribution in [3.8, 4) is 0 Å². The molecule has 0 saturated heterocycles. The van der Waals surface area contributed by atoms with Crippen molar-refractivity contribution in [3.05, 3.63) is 41.5 Å². The zero-order valence-corrected chi connectivity index (χ0v) is 10.2. The van der Waals surface area contributed by atoms with E-state index < -0.39 is 11.6 Å². The normalized spacial score (nSPS) is 10.2. The smallest absolute Gasteiger partial charge is 0.226 e. The van der Waals surface area contributed by atoms with Gasteiger partial charge in [-0.1, -0.05) is 6.58 Å². The third-order valence-corrected chi connectivity index (χ3v) is 2.38. The van der Waals surface area contributed by atoms with Crippen LogP contribution >= 0.6 is 0 Å². The molecule has 1 rings (SSSR count). The number of amides is 1. The Morgan fingerprint density at radius 2 is 1.76 bits per heavy atom. The molecule has 2 nitrogen and oxygen atoms in total. The first kappa shape index (κ1) is 13.4. The number of halogens is 2. The molecule has 0 spiro atoms. The Kier molecular flexibility index (Phi) is 3.99. The molecule has 0 aliphatic rings. The van der Waals surface area contributed by atoms with Gasteiger partial charge in [-0.2, -0.15) is 0 Å². The Balaban J connectivity index is 3.07. The third kappa shape index (κ3) is 3.12. The zero-order valence-electron chi connectivity index (χ0n) is 10.2. The number of hydrogen-bond acceptors (Lipinski definition) is 1. The lowest BCUT2D eigenvalue weighted by molar-refractivity contribution is -0.127. The Labute approximate surface area is 99.5 Å². The molecule has 1 aromatic carbocycles. The summed E-state index contributed by atoms with van der Waals surface area (Å²) in [6.45, 7) is 5.04. The van der Waals surface area contributed by atoms with Gasteiger partial charge in [0.15, 0.2) is 0 Å². The van der Waals surface area contributed by atoms with E-state index in [1.165, 1.54) is 24.0 Å². The van der Waals surface area contributed by atoms with Crippen molar-refractivity contribution in [1.29, 1.82) is 0 Å². The summed E-state index contributed by atoms with van der Waals surface area (Å²) in [5, 5.41) is 0. The molecular weight excluding hydrogens is 224 g/mol. The van der Waals surface area contributed by atoms with E-state index in [1.54, 1.807) is 14.1 Å². The van der Waals surface area contributed by atoms with Gasteiger partial charge in [-0.3, -0.25) is 4.79 Å². The maximum atomic E-state index is 13.6. The summed E-state index contributed by atoms with van der Waals surface area (Å²) in [7, 11) is 3.19. The summed E-state index contributed by atoms with van der Waals surface area (Å²) in [4.78, 5) is 12.8. The van der Waals surface area contributed by atoms with E-state index in [-0.39, 0.29) is 17.9 Å². The fourth-order valence-electron chi connectivity index (χ4n) is 1.47. The molecule has 4 heteroatoms. The zero-order chi connectivity index (χ0) is 13.2. The molecule has 92 valence electrons. The fraction of sp³-hybridized carbons (Fsp3) is 0.308. The van der Waals surface area contributed by atoms with Crippen LogP contribution < -0.4 is 0 Å². The second-order valence-corrected chi connectivity index (χ2v) is 4.18. The first-order valence-corrected chi connectivity index (χ1v) is 5.17. The van der Waals surface area contributed by atoms with Crippen molar-refractivity contribution in [2.75, 3.05) is 14.1 Å². The molecule has 0 radical (unpaired) electrons. The van der Waals surface area contributed by atoms with Crippen molar-refractivity contribution in [3.63, 3.8) is 0 Å². The number of carbonyl (C=O) groups excluding carboxylic acids is 1. The van der Waals surface area contributed by atoms with Gasteiger partial charge in [-0.05, 0) is 30.2 Å². The van der Waals surface area contributed by atoms with Crippen LogP contribution in [0.5, 0.6) is 0 Å². The highest BCUT2D eigenvalue weighted by molar-refractivity contribution is 5.78. The lowest BCUT2D eigenvalue weighted by Crippen LogP contribution is -2.23. The van der Waals surface area contributed by atoms with E-state index in [9.17, 15) is 13.6 Å². The number of nitrogens with zero attached hydrogens (tertiary/aromatic N) is 1. The number of carbonyl (C=O) groups is 1. The molecule has 0 aliphatic heterocycles. The lowest BCUT2D eigenvalue weighted by atomic mass is 10.0. The van der Waals surface area contributed by atoms with E-state index in [4.69, 9.17) is 0 Å². The SMILES string of the molecule is C=C(C)c1c(F)cc(CC(=O)N(C)C)cc1F. The molecule has 0 bridgehead atoms. The molecule has 0 heterocycles. The summed E-state index contributed by atoms with van der Waals surface area (Å²) in [6.07, 6.45) is -0.0166. The molecule has 0 unspecified atom stereocenters. The molecule has 0 aromatic heterocycles. The molecule has 0 aliphatic carbocycles. The van der Waals surface area contributed by atoms with Crippen LogP contribution in [0.3, 0.4) is 0 Å². The third-order valence-electron chi connectivity index (χ3n) is 2.38. The summed E-state index contributed by atoms with van der Waals surface area (Å²) in [5.41, 5.74) is 0.528. The summed E-state index contributed by atoms with van der Waals surface area (Å²) >= 11 is 0. The maximum absolute atomic E-state index is 13.6. The number of allylic oxidation sites excluding steroid dienone is 1. The van der Waals surface area contributed by atoms with Crippen LogP contribution in [0, 0.1) is 11.6 Å². The molecular formula is C13H15F2NO. The molecule has 1 aromatic rings. The Morgan fingerprint density at radius 3 is 2.12 bits per heavy atom. The van der Waals surface area contributed by atoms with Gasteiger partial charge in [0.2, 0.25) is 5.91 Å². The predicted molar refractivity (Wildman–Crippen MR) is 63.5 cm³/mol.